The van der Waals surface area contributed by atoms with Crippen molar-refractivity contribution in [3.63, 3.8) is 0 Å². The van der Waals surface area contributed by atoms with Gasteiger partial charge in [0.15, 0.2) is 0 Å². The van der Waals surface area contributed by atoms with Crippen LogP contribution < -0.4 is 0 Å². The molecule has 0 saturated heterocycles. The summed E-state index contributed by atoms with van der Waals surface area (Å²) in [6.07, 6.45) is 30.3. The molecule has 0 rings (SSSR count). The van der Waals surface area contributed by atoms with Crippen molar-refractivity contribution < 1.29 is 0 Å². The summed E-state index contributed by atoms with van der Waals surface area (Å²) in [6, 6.07) is 0. The van der Waals surface area contributed by atoms with Gasteiger partial charge in [0.2, 0.25) is 0 Å². The average molecular weight is 396 g/mol. The van der Waals surface area contributed by atoms with E-state index < -0.39 is 0 Å². The van der Waals surface area contributed by atoms with Crippen LogP contribution in [0.5, 0.6) is 0 Å². The van der Waals surface area contributed by atoms with E-state index in [1.54, 1.807) is 0 Å². The Bertz CT molecular complexity index is 239. The molecule has 0 bridgehead atoms. The van der Waals surface area contributed by atoms with Crippen LogP contribution in [0.3, 0.4) is 0 Å². The van der Waals surface area contributed by atoms with Gasteiger partial charge in [-0.1, -0.05) is 136 Å². The van der Waals surface area contributed by atoms with Crippen LogP contribution in [-0.4, -0.2) is 24.5 Å². The fourth-order valence-electron chi connectivity index (χ4n) is 4.30. The number of hydrogen-bond donors (Lipinski definition) is 0. The Morgan fingerprint density at radius 3 is 0.857 bits per heavy atom. The average Bonchev–Trinajstić information content (AvgIpc) is 2.70. The van der Waals surface area contributed by atoms with Crippen molar-refractivity contribution in [2.75, 3.05) is 19.6 Å². The van der Waals surface area contributed by atoms with Crippen molar-refractivity contribution in [2.45, 2.75) is 156 Å². The summed E-state index contributed by atoms with van der Waals surface area (Å²) in [5, 5.41) is 0. The molecule has 28 heavy (non-hydrogen) atoms. The minimum absolute atomic E-state index is 1.31. The van der Waals surface area contributed by atoms with Gasteiger partial charge in [-0.05, 0) is 38.9 Å². The molecule has 0 spiro atoms. The smallest absolute Gasteiger partial charge is 0.00187 e. The van der Waals surface area contributed by atoms with E-state index in [2.05, 4.69) is 25.7 Å². The van der Waals surface area contributed by atoms with Crippen LogP contribution in [0.2, 0.25) is 0 Å². The zero-order chi connectivity index (χ0) is 20.5. The van der Waals surface area contributed by atoms with Gasteiger partial charge < -0.3 is 4.90 Å². The summed E-state index contributed by atoms with van der Waals surface area (Å²) in [4.78, 5) is 2.75. The van der Waals surface area contributed by atoms with Gasteiger partial charge in [-0.25, -0.2) is 0 Å². The first-order chi connectivity index (χ1) is 13.8. The summed E-state index contributed by atoms with van der Waals surface area (Å²) in [5.74, 6) is 0. The summed E-state index contributed by atoms with van der Waals surface area (Å²) in [6.45, 7) is 11.0. The molecule has 0 atom stereocenters. The zero-order valence-electron chi connectivity index (χ0n) is 20.4. The van der Waals surface area contributed by atoms with Crippen molar-refractivity contribution >= 4 is 0 Å². The Labute approximate surface area is 180 Å². The second-order valence-electron chi connectivity index (χ2n) is 9.21. The first kappa shape index (κ1) is 28.0. The highest BCUT2D eigenvalue weighted by Crippen LogP contribution is 2.13. The van der Waals surface area contributed by atoms with Crippen LogP contribution in [-0.2, 0) is 0 Å². The standard InChI is InChI=1S/C27H57N/c1-4-7-9-11-13-15-17-19-21-23-26-28(25-6-3)27-24-22-20-18-16-14-12-10-8-5-2/h4-27H2,1-3H3. The molecule has 0 heterocycles. The summed E-state index contributed by atoms with van der Waals surface area (Å²) < 4.78 is 0. The summed E-state index contributed by atoms with van der Waals surface area (Å²) >= 11 is 0. The molecule has 0 fully saturated rings. The van der Waals surface area contributed by atoms with E-state index in [4.69, 9.17) is 0 Å². The third-order valence-electron chi connectivity index (χ3n) is 6.20. The zero-order valence-corrected chi connectivity index (χ0v) is 20.4. The molecule has 0 radical (unpaired) electrons. The molecule has 0 aromatic rings. The lowest BCUT2D eigenvalue weighted by Crippen LogP contribution is -2.27. The number of unbranched alkanes of at least 4 members (excludes halogenated alkanes) is 18. The summed E-state index contributed by atoms with van der Waals surface area (Å²) in [5.41, 5.74) is 0. The molecule has 170 valence electrons. The van der Waals surface area contributed by atoms with Gasteiger partial charge in [-0.2, -0.15) is 0 Å². The highest BCUT2D eigenvalue weighted by Gasteiger charge is 2.03. The normalized spacial score (nSPS) is 11.6. The van der Waals surface area contributed by atoms with Gasteiger partial charge in [0.1, 0.15) is 0 Å². The monoisotopic (exact) mass is 395 g/mol. The molecule has 0 aliphatic rings. The lowest BCUT2D eigenvalue weighted by Gasteiger charge is -2.21. The molecule has 0 aromatic carbocycles. The van der Waals surface area contributed by atoms with Crippen LogP contribution in [0, 0.1) is 0 Å². The maximum Gasteiger partial charge on any atom is -0.00187 e. The van der Waals surface area contributed by atoms with E-state index in [1.165, 1.54) is 154 Å². The quantitative estimate of drug-likeness (QED) is 0.147. The largest absolute Gasteiger partial charge is 0.303 e. The van der Waals surface area contributed by atoms with Crippen molar-refractivity contribution in [3.05, 3.63) is 0 Å². The highest BCUT2D eigenvalue weighted by molar-refractivity contribution is 4.59. The van der Waals surface area contributed by atoms with Crippen molar-refractivity contribution in [1.82, 2.24) is 4.90 Å². The molecule has 0 amide bonds. The van der Waals surface area contributed by atoms with Crippen molar-refractivity contribution in [2.24, 2.45) is 0 Å². The van der Waals surface area contributed by atoms with Gasteiger partial charge in [0, 0.05) is 0 Å². The number of rotatable bonds is 24. The molecule has 0 aliphatic heterocycles. The van der Waals surface area contributed by atoms with E-state index in [9.17, 15) is 0 Å². The first-order valence-electron chi connectivity index (χ1n) is 13.6. The van der Waals surface area contributed by atoms with Gasteiger partial charge in [-0.15, -0.1) is 0 Å². The number of hydrogen-bond acceptors (Lipinski definition) is 1. The minimum Gasteiger partial charge on any atom is -0.303 e. The van der Waals surface area contributed by atoms with Crippen molar-refractivity contribution in [1.29, 1.82) is 0 Å². The van der Waals surface area contributed by atoms with E-state index in [0.717, 1.165) is 0 Å². The van der Waals surface area contributed by atoms with E-state index >= 15 is 0 Å². The Hall–Kier alpha value is -0.0400. The third-order valence-corrected chi connectivity index (χ3v) is 6.20. The van der Waals surface area contributed by atoms with E-state index in [-0.39, 0.29) is 0 Å². The van der Waals surface area contributed by atoms with Gasteiger partial charge in [0.05, 0.1) is 0 Å². The predicted octanol–water partition coefficient (Wildman–Crippen LogP) is 9.54. The molecule has 0 aromatic heterocycles. The van der Waals surface area contributed by atoms with Crippen LogP contribution in [0.4, 0.5) is 0 Å². The van der Waals surface area contributed by atoms with Gasteiger partial charge in [-0.3, -0.25) is 0 Å². The van der Waals surface area contributed by atoms with Crippen LogP contribution in [0.1, 0.15) is 156 Å². The van der Waals surface area contributed by atoms with Crippen LogP contribution >= 0.6 is 0 Å². The maximum atomic E-state index is 2.75. The van der Waals surface area contributed by atoms with E-state index in [0.29, 0.717) is 0 Å². The fraction of sp³-hybridized carbons (Fsp3) is 1.00. The second kappa shape index (κ2) is 25.0. The predicted molar refractivity (Wildman–Crippen MR) is 130 cm³/mol. The topological polar surface area (TPSA) is 3.24 Å². The van der Waals surface area contributed by atoms with Gasteiger partial charge >= 0.3 is 0 Å². The lowest BCUT2D eigenvalue weighted by molar-refractivity contribution is 0.260. The fourth-order valence-corrected chi connectivity index (χ4v) is 4.30. The van der Waals surface area contributed by atoms with E-state index in [1.807, 2.05) is 0 Å². The molecule has 0 unspecified atom stereocenters. The van der Waals surface area contributed by atoms with Crippen molar-refractivity contribution in [3.8, 4) is 0 Å². The van der Waals surface area contributed by atoms with Gasteiger partial charge in [0.25, 0.3) is 0 Å². The molecular formula is C27H57N. The second-order valence-corrected chi connectivity index (χ2v) is 9.21. The number of nitrogens with zero attached hydrogens (tertiary/aromatic N) is 1. The molecule has 1 nitrogen and oxygen atoms in total. The first-order valence-corrected chi connectivity index (χ1v) is 13.6. The third kappa shape index (κ3) is 22.3. The SMILES string of the molecule is CCCCCCCCCCCCN(CCC)CCCCCCCCCCCC. The Morgan fingerprint density at radius 2 is 0.571 bits per heavy atom. The Morgan fingerprint density at radius 1 is 0.286 bits per heavy atom. The molecule has 0 N–H and O–H groups in total. The molecular weight excluding hydrogens is 338 g/mol. The van der Waals surface area contributed by atoms with Crippen LogP contribution in [0.15, 0.2) is 0 Å². The summed E-state index contributed by atoms with van der Waals surface area (Å²) in [7, 11) is 0. The molecule has 0 aliphatic carbocycles. The molecule has 1 heteroatoms. The Kier molecular flexibility index (Phi) is 25.0. The lowest BCUT2D eigenvalue weighted by atomic mass is 10.1. The Balaban J connectivity index is 3.41. The maximum absolute atomic E-state index is 2.75. The highest BCUT2D eigenvalue weighted by atomic mass is 15.1. The van der Waals surface area contributed by atoms with Crippen LogP contribution in [0.25, 0.3) is 0 Å². The molecule has 0 saturated carbocycles. The minimum atomic E-state index is 1.31.